The molecule has 0 saturated heterocycles. The van der Waals surface area contributed by atoms with Crippen LogP contribution in [0.2, 0.25) is 0 Å². The van der Waals surface area contributed by atoms with Gasteiger partial charge in [0.2, 0.25) is 0 Å². The highest BCUT2D eigenvalue weighted by Gasteiger charge is 2.29. The number of nitrogens with one attached hydrogen (secondary N) is 1. The molecular weight excluding hydrogens is 364 g/mol. The van der Waals surface area contributed by atoms with Crippen LogP contribution in [-0.4, -0.2) is 16.0 Å². The highest BCUT2D eigenvalue weighted by Crippen LogP contribution is 2.41. The van der Waals surface area contributed by atoms with E-state index in [0.717, 1.165) is 29.8 Å². The van der Waals surface area contributed by atoms with Crippen molar-refractivity contribution >= 4 is 40.8 Å². The average Bonchev–Trinajstić information content (AvgIpc) is 3.36. The minimum absolute atomic E-state index is 0. The number of anilines is 2. The van der Waals surface area contributed by atoms with Gasteiger partial charge in [0.05, 0.1) is 16.6 Å². The van der Waals surface area contributed by atoms with Crippen LogP contribution < -0.4 is 11.1 Å². The first-order valence-corrected chi connectivity index (χ1v) is 8.91. The molecule has 0 bridgehead atoms. The van der Waals surface area contributed by atoms with Crippen LogP contribution in [0, 0.1) is 6.92 Å². The van der Waals surface area contributed by atoms with Gasteiger partial charge in [-0.15, -0.1) is 12.4 Å². The molecule has 0 spiro atoms. The second-order valence-electron chi connectivity index (χ2n) is 7.30. The van der Waals surface area contributed by atoms with E-state index >= 15 is 0 Å². The number of nitrogens with two attached hydrogens (primary N) is 1. The van der Waals surface area contributed by atoms with Gasteiger partial charge in [-0.25, -0.2) is 4.98 Å². The molecule has 1 amide bonds. The number of hydrogen-bond donors (Lipinski definition) is 2. The van der Waals surface area contributed by atoms with Crippen LogP contribution in [0.3, 0.4) is 0 Å². The van der Waals surface area contributed by atoms with Crippen molar-refractivity contribution in [2.24, 2.45) is 0 Å². The molecule has 6 nitrogen and oxygen atoms in total. The molecule has 0 unspecified atom stereocenters. The summed E-state index contributed by atoms with van der Waals surface area (Å²) in [5.74, 6) is 0.344. The van der Waals surface area contributed by atoms with Gasteiger partial charge in [0.1, 0.15) is 0 Å². The van der Waals surface area contributed by atoms with Gasteiger partial charge in [-0.3, -0.25) is 4.79 Å². The fraction of sp³-hybridized carbons (Fsp3) is 0.350. The lowest BCUT2D eigenvalue weighted by molar-refractivity contribution is 0.102. The number of benzene rings is 1. The number of fused-ring (bicyclic) bond motifs is 1. The van der Waals surface area contributed by atoms with Crippen LogP contribution in [0.15, 0.2) is 28.8 Å². The SMILES string of the molecule is Cc1ccc(N)cc1NC(=O)c1cc(C2CC2)nc2onc(C(C)C)c12.Cl. The molecule has 27 heavy (non-hydrogen) atoms. The first-order chi connectivity index (χ1) is 12.4. The van der Waals surface area contributed by atoms with Gasteiger partial charge in [0.25, 0.3) is 11.6 Å². The van der Waals surface area contributed by atoms with Crippen molar-refractivity contribution < 1.29 is 9.32 Å². The first kappa shape index (κ1) is 19.2. The van der Waals surface area contributed by atoms with Crippen LogP contribution in [-0.2, 0) is 0 Å². The van der Waals surface area contributed by atoms with Crippen LogP contribution in [0.1, 0.15) is 65.8 Å². The van der Waals surface area contributed by atoms with Gasteiger partial charge in [0.15, 0.2) is 0 Å². The molecule has 1 fully saturated rings. The van der Waals surface area contributed by atoms with Crippen molar-refractivity contribution in [2.75, 3.05) is 11.1 Å². The Morgan fingerprint density at radius 3 is 2.70 bits per heavy atom. The molecule has 1 aliphatic rings. The molecule has 0 atom stereocenters. The zero-order chi connectivity index (χ0) is 18.4. The number of carbonyl (C=O) groups excluding carboxylic acids is 1. The topological polar surface area (TPSA) is 94.0 Å². The molecule has 4 rings (SSSR count). The van der Waals surface area contributed by atoms with Crippen molar-refractivity contribution in [3.8, 4) is 0 Å². The number of aromatic nitrogens is 2. The van der Waals surface area contributed by atoms with E-state index in [4.69, 9.17) is 10.3 Å². The summed E-state index contributed by atoms with van der Waals surface area (Å²) in [5.41, 5.74) is 10.8. The van der Waals surface area contributed by atoms with E-state index in [1.54, 1.807) is 6.07 Å². The lowest BCUT2D eigenvalue weighted by Gasteiger charge is -2.11. The maximum atomic E-state index is 13.1. The van der Waals surface area contributed by atoms with Crippen molar-refractivity contribution in [1.29, 1.82) is 0 Å². The van der Waals surface area contributed by atoms with Crippen LogP contribution in [0.4, 0.5) is 11.4 Å². The molecule has 3 aromatic rings. The van der Waals surface area contributed by atoms with Crippen molar-refractivity contribution in [1.82, 2.24) is 10.1 Å². The summed E-state index contributed by atoms with van der Waals surface area (Å²) in [6.07, 6.45) is 2.19. The van der Waals surface area contributed by atoms with Crippen LogP contribution in [0.5, 0.6) is 0 Å². The second kappa shape index (κ2) is 7.19. The Morgan fingerprint density at radius 2 is 2.04 bits per heavy atom. The van der Waals surface area contributed by atoms with Crippen molar-refractivity contribution in [3.05, 3.63) is 46.8 Å². The Labute approximate surface area is 163 Å². The summed E-state index contributed by atoms with van der Waals surface area (Å²) in [4.78, 5) is 17.7. The largest absolute Gasteiger partial charge is 0.399 e. The predicted octanol–water partition coefficient (Wildman–Crippen LogP) is 4.79. The van der Waals surface area contributed by atoms with Gasteiger partial charge >= 0.3 is 0 Å². The first-order valence-electron chi connectivity index (χ1n) is 8.91. The van der Waals surface area contributed by atoms with Gasteiger partial charge in [-0.1, -0.05) is 25.1 Å². The average molecular weight is 387 g/mol. The number of pyridine rings is 1. The minimum Gasteiger partial charge on any atom is -0.399 e. The van der Waals surface area contributed by atoms with Crippen LogP contribution in [0.25, 0.3) is 11.1 Å². The maximum Gasteiger partial charge on any atom is 0.259 e. The monoisotopic (exact) mass is 386 g/mol. The highest BCUT2D eigenvalue weighted by atomic mass is 35.5. The van der Waals surface area contributed by atoms with Gasteiger partial charge < -0.3 is 15.6 Å². The van der Waals surface area contributed by atoms with E-state index in [9.17, 15) is 4.79 Å². The molecular formula is C20H23ClN4O2. The normalized spacial score (nSPS) is 13.6. The smallest absolute Gasteiger partial charge is 0.259 e. The van der Waals surface area contributed by atoms with Gasteiger partial charge in [-0.2, -0.15) is 0 Å². The molecule has 1 saturated carbocycles. The maximum absolute atomic E-state index is 13.1. The zero-order valence-corrected chi connectivity index (χ0v) is 16.4. The van der Waals surface area contributed by atoms with E-state index in [1.165, 1.54) is 0 Å². The van der Waals surface area contributed by atoms with Crippen LogP contribution >= 0.6 is 12.4 Å². The lowest BCUT2D eigenvalue weighted by Crippen LogP contribution is -2.15. The summed E-state index contributed by atoms with van der Waals surface area (Å²) in [6, 6.07) is 7.36. The third-order valence-electron chi connectivity index (χ3n) is 4.79. The Bertz CT molecular complexity index is 1010. The molecule has 1 aromatic carbocycles. The quantitative estimate of drug-likeness (QED) is 0.629. The van der Waals surface area contributed by atoms with E-state index in [-0.39, 0.29) is 24.2 Å². The molecule has 2 heterocycles. The number of carbonyl (C=O) groups is 1. The zero-order valence-electron chi connectivity index (χ0n) is 15.6. The lowest BCUT2D eigenvalue weighted by atomic mass is 10.0. The fourth-order valence-electron chi connectivity index (χ4n) is 3.12. The number of nitrogens with zero attached hydrogens (tertiary/aromatic N) is 2. The summed E-state index contributed by atoms with van der Waals surface area (Å²) in [7, 11) is 0. The number of rotatable bonds is 4. The minimum atomic E-state index is -0.196. The molecule has 142 valence electrons. The summed E-state index contributed by atoms with van der Waals surface area (Å²) in [6.45, 7) is 5.98. The Balaban J connectivity index is 0.00000210. The molecule has 0 radical (unpaired) electrons. The molecule has 3 N–H and O–H groups in total. The van der Waals surface area contributed by atoms with E-state index < -0.39 is 0 Å². The highest BCUT2D eigenvalue weighted by molar-refractivity contribution is 6.12. The Morgan fingerprint density at radius 1 is 1.30 bits per heavy atom. The van der Waals surface area contributed by atoms with Gasteiger partial charge in [0, 0.05) is 23.0 Å². The number of halogens is 1. The summed E-state index contributed by atoms with van der Waals surface area (Å²) < 4.78 is 5.45. The number of amides is 1. The third kappa shape index (κ3) is 3.62. The van der Waals surface area contributed by atoms with Gasteiger partial charge in [-0.05, 0) is 49.4 Å². The van der Waals surface area contributed by atoms with Crippen molar-refractivity contribution in [2.45, 2.75) is 45.4 Å². The van der Waals surface area contributed by atoms with E-state index in [0.29, 0.717) is 34.0 Å². The standard InChI is InChI=1S/C20H22N4O2.ClH/c1-10(2)18-17-14(9-16(12-5-6-12)23-20(17)26-24-18)19(25)22-15-8-13(21)7-4-11(15)3;/h4,7-10,12H,5-6,21H2,1-3H3,(H,22,25);1H. The molecule has 7 heteroatoms. The fourth-order valence-corrected chi connectivity index (χ4v) is 3.12. The third-order valence-corrected chi connectivity index (χ3v) is 4.79. The summed E-state index contributed by atoms with van der Waals surface area (Å²) >= 11 is 0. The molecule has 1 aliphatic carbocycles. The molecule has 0 aliphatic heterocycles. The van der Waals surface area contributed by atoms with E-state index in [2.05, 4.69) is 15.5 Å². The molecule has 2 aromatic heterocycles. The van der Waals surface area contributed by atoms with E-state index in [1.807, 2.05) is 39.0 Å². The second-order valence-corrected chi connectivity index (χ2v) is 7.30. The summed E-state index contributed by atoms with van der Waals surface area (Å²) in [5, 5.41) is 7.84. The number of nitrogen functional groups attached to an aromatic ring is 1. The Kier molecular flexibility index (Phi) is 5.11. The predicted molar refractivity (Wildman–Crippen MR) is 109 cm³/mol. The number of hydrogen-bond acceptors (Lipinski definition) is 5. The Hall–Kier alpha value is -2.60. The van der Waals surface area contributed by atoms with Crippen molar-refractivity contribution in [3.63, 3.8) is 0 Å². The number of aryl methyl sites for hydroxylation is 1.